The van der Waals surface area contributed by atoms with E-state index in [1.165, 1.54) is 5.56 Å². The fourth-order valence-corrected chi connectivity index (χ4v) is 2.48. The van der Waals surface area contributed by atoms with Crippen molar-refractivity contribution in [1.82, 2.24) is 0 Å². The second-order valence-electron chi connectivity index (χ2n) is 4.98. The van der Waals surface area contributed by atoms with Crippen molar-refractivity contribution in [2.24, 2.45) is 0 Å². The smallest absolute Gasteiger partial charge is 0.186 e. The summed E-state index contributed by atoms with van der Waals surface area (Å²) in [7, 11) is 0. The summed E-state index contributed by atoms with van der Waals surface area (Å²) in [4.78, 5) is 21.6. The Bertz CT molecular complexity index is 809. The first-order valence-electron chi connectivity index (χ1n) is 7.04. The Hall–Kier alpha value is -3.00. The second kappa shape index (κ2) is 6.19. The summed E-state index contributed by atoms with van der Waals surface area (Å²) in [5.74, 6) is 0.110. The van der Waals surface area contributed by atoms with Gasteiger partial charge in [-0.1, -0.05) is 66.7 Å². The molecule has 0 amide bonds. The van der Waals surface area contributed by atoms with Crippen molar-refractivity contribution in [3.63, 3.8) is 0 Å². The largest absolute Gasteiger partial charge is 0.298 e. The van der Waals surface area contributed by atoms with E-state index in [1.54, 1.807) is 18.2 Å². The summed E-state index contributed by atoms with van der Waals surface area (Å²) in [6.07, 6.45) is 8.23. The van der Waals surface area contributed by atoms with Crippen LogP contribution in [0.3, 0.4) is 0 Å². The van der Waals surface area contributed by atoms with E-state index in [2.05, 4.69) is 6.07 Å². The normalized spacial score (nSPS) is 14.1. The summed E-state index contributed by atoms with van der Waals surface area (Å²) < 4.78 is 0. The maximum absolute atomic E-state index is 11.5. The first-order chi connectivity index (χ1) is 10.8. The minimum atomic E-state index is 0.110. The molecule has 106 valence electrons. The fourth-order valence-electron chi connectivity index (χ4n) is 2.48. The Morgan fingerprint density at radius 1 is 0.818 bits per heavy atom. The molecule has 2 aliphatic carbocycles. The Labute approximate surface area is 129 Å². The van der Waals surface area contributed by atoms with Gasteiger partial charge in [0.15, 0.2) is 5.78 Å². The van der Waals surface area contributed by atoms with Crippen LogP contribution in [0.4, 0.5) is 0 Å². The minimum absolute atomic E-state index is 0.110. The molecule has 2 aromatic carbocycles. The van der Waals surface area contributed by atoms with E-state index in [9.17, 15) is 9.59 Å². The zero-order chi connectivity index (χ0) is 15.4. The van der Waals surface area contributed by atoms with E-state index in [4.69, 9.17) is 0 Å². The van der Waals surface area contributed by atoms with Gasteiger partial charge in [0.2, 0.25) is 0 Å². The second-order valence-corrected chi connectivity index (χ2v) is 4.98. The SMILES string of the molecule is O=C1C=CC=C2C1=Cc1ccccc12.O=Cc1ccccc1. The molecule has 0 bridgehead atoms. The molecule has 0 atom stereocenters. The molecule has 0 fully saturated rings. The number of hydrogen-bond acceptors (Lipinski definition) is 2. The third-order valence-electron chi connectivity index (χ3n) is 3.55. The van der Waals surface area contributed by atoms with E-state index in [0.717, 1.165) is 28.6 Å². The van der Waals surface area contributed by atoms with Gasteiger partial charge in [-0.25, -0.2) is 0 Å². The van der Waals surface area contributed by atoms with Crippen LogP contribution in [-0.2, 0) is 4.79 Å². The van der Waals surface area contributed by atoms with Crippen LogP contribution in [0.2, 0.25) is 0 Å². The molecular formula is C20H14O2. The van der Waals surface area contributed by atoms with Crippen molar-refractivity contribution in [3.8, 4) is 0 Å². The van der Waals surface area contributed by atoms with Gasteiger partial charge < -0.3 is 0 Å². The zero-order valence-corrected chi connectivity index (χ0v) is 11.9. The van der Waals surface area contributed by atoms with E-state index >= 15 is 0 Å². The fraction of sp³-hybridized carbons (Fsp3) is 0. The average molecular weight is 286 g/mol. The lowest BCUT2D eigenvalue weighted by Gasteiger charge is -2.06. The monoisotopic (exact) mass is 286 g/mol. The number of allylic oxidation sites excluding steroid dienone is 5. The summed E-state index contributed by atoms with van der Waals surface area (Å²) in [6, 6.07) is 17.2. The summed E-state index contributed by atoms with van der Waals surface area (Å²) in [6.45, 7) is 0. The van der Waals surface area contributed by atoms with Crippen molar-refractivity contribution in [1.29, 1.82) is 0 Å². The lowest BCUT2D eigenvalue weighted by molar-refractivity contribution is -0.110. The van der Waals surface area contributed by atoms with Crippen LogP contribution >= 0.6 is 0 Å². The molecule has 0 aliphatic heterocycles. The van der Waals surface area contributed by atoms with Gasteiger partial charge in [0.05, 0.1) is 0 Å². The van der Waals surface area contributed by atoms with Crippen LogP contribution in [0.1, 0.15) is 21.5 Å². The first-order valence-corrected chi connectivity index (χ1v) is 7.04. The number of ketones is 1. The van der Waals surface area contributed by atoms with Crippen molar-refractivity contribution in [3.05, 3.63) is 95.1 Å². The average Bonchev–Trinajstić information content (AvgIpc) is 2.97. The van der Waals surface area contributed by atoms with Crippen LogP contribution in [-0.4, -0.2) is 12.1 Å². The van der Waals surface area contributed by atoms with Gasteiger partial charge in [0, 0.05) is 11.1 Å². The number of fused-ring (bicyclic) bond motifs is 3. The molecule has 0 unspecified atom stereocenters. The molecule has 4 rings (SSSR count). The number of benzene rings is 2. The molecule has 0 N–H and O–H groups in total. The summed E-state index contributed by atoms with van der Waals surface area (Å²) >= 11 is 0. The quantitative estimate of drug-likeness (QED) is 0.739. The maximum Gasteiger partial charge on any atom is 0.186 e. The number of hydrogen-bond donors (Lipinski definition) is 0. The highest BCUT2D eigenvalue weighted by Gasteiger charge is 2.23. The van der Waals surface area contributed by atoms with E-state index in [0.29, 0.717) is 0 Å². The maximum atomic E-state index is 11.5. The van der Waals surface area contributed by atoms with Crippen molar-refractivity contribution in [2.75, 3.05) is 0 Å². The number of carbonyl (C=O) groups excluding carboxylic acids is 2. The molecule has 0 radical (unpaired) electrons. The van der Waals surface area contributed by atoms with Gasteiger partial charge in [-0.15, -0.1) is 0 Å². The van der Waals surface area contributed by atoms with Gasteiger partial charge >= 0.3 is 0 Å². The molecular weight excluding hydrogens is 272 g/mol. The highest BCUT2D eigenvalue weighted by atomic mass is 16.1. The standard InChI is InChI=1S/C13H8O.C7H6O/c14-13-7-3-6-11-10-5-2-1-4-9(10)8-12(11)13;8-6-7-4-2-1-3-5-7/h1-8H;1-6H. The summed E-state index contributed by atoms with van der Waals surface area (Å²) in [5.41, 5.74) is 4.93. The van der Waals surface area contributed by atoms with Crippen LogP contribution in [0.15, 0.2) is 78.4 Å². The molecule has 0 aromatic heterocycles. The Balaban J connectivity index is 0.000000154. The van der Waals surface area contributed by atoms with Gasteiger partial charge in [-0.2, -0.15) is 0 Å². The molecule has 0 saturated carbocycles. The number of rotatable bonds is 1. The lowest BCUT2D eigenvalue weighted by Crippen LogP contribution is -2.00. The van der Waals surface area contributed by atoms with Crippen molar-refractivity contribution >= 4 is 23.7 Å². The first kappa shape index (κ1) is 14.0. The molecule has 2 aliphatic rings. The molecule has 0 heterocycles. The van der Waals surface area contributed by atoms with Gasteiger partial charge in [0.1, 0.15) is 6.29 Å². The van der Waals surface area contributed by atoms with E-state index < -0.39 is 0 Å². The van der Waals surface area contributed by atoms with Gasteiger partial charge in [-0.05, 0) is 28.9 Å². The Morgan fingerprint density at radius 3 is 2.27 bits per heavy atom. The Kier molecular flexibility index (Phi) is 3.92. The number of aldehydes is 1. The molecule has 0 spiro atoms. The van der Waals surface area contributed by atoms with Crippen LogP contribution in [0.5, 0.6) is 0 Å². The third-order valence-corrected chi connectivity index (χ3v) is 3.55. The van der Waals surface area contributed by atoms with Crippen LogP contribution in [0, 0.1) is 0 Å². The van der Waals surface area contributed by atoms with Crippen LogP contribution < -0.4 is 0 Å². The molecule has 2 aromatic rings. The predicted molar refractivity (Wildman–Crippen MR) is 88.4 cm³/mol. The van der Waals surface area contributed by atoms with E-state index in [1.807, 2.05) is 54.6 Å². The zero-order valence-electron chi connectivity index (χ0n) is 11.9. The molecule has 22 heavy (non-hydrogen) atoms. The topological polar surface area (TPSA) is 34.1 Å². The van der Waals surface area contributed by atoms with Crippen molar-refractivity contribution < 1.29 is 9.59 Å². The third kappa shape index (κ3) is 2.72. The minimum Gasteiger partial charge on any atom is -0.298 e. The number of carbonyl (C=O) groups is 2. The lowest BCUT2D eigenvalue weighted by atomic mass is 9.96. The summed E-state index contributed by atoms with van der Waals surface area (Å²) in [5, 5.41) is 0. The molecule has 2 nitrogen and oxygen atoms in total. The highest BCUT2D eigenvalue weighted by Crippen LogP contribution is 2.37. The molecule has 0 saturated heterocycles. The molecule has 2 heteroatoms. The predicted octanol–water partition coefficient (Wildman–Crippen LogP) is 4.11. The van der Waals surface area contributed by atoms with Crippen LogP contribution in [0.25, 0.3) is 11.6 Å². The highest BCUT2D eigenvalue weighted by molar-refractivity contribution is 6.23. The van der Waals surface area contributed by atoms with E-state index in [-0.39, 0.29) is 5.78 Å². The van der Waals surface area contributed by atoms with Crippen molar-refractivity contribution in [2.45, 2.75) is 0 Å². The van der Waals surface area contributed by atoms with Gasteiger partial charge in [0.25, 0.3) is 0 Å². The Morgan fingerprint density at radius 2 is 1.55 bits per heavy atom. The van der Waals surface area contributed by atoms with Gasteiger partial charge in [-0.3, -0.25) is 9.59 Å².